The summed E-state index contributed by atoms with van der Waals surface area (Å²) in [4.78, 5) is 0. The lowest BCUT2D eigenvalue weighted by Gasteiger charge is -2.28. The predicted molar refractivity (Wildman–Crippen MR) is 50.4 cm³/mol. The Balaban J connectivity index is 1.88. The number of rotatable bonds is 4. The fraction of sp³-hybridized carbons (Fsp3) is 1.00. The average Bonchev–Trinajstić information content (AvgIpc) is 1.80. The number of hydrogen-bond acceptors (Lipinski definition) is 3. The van der Waals surface area contributed by atoms with Crippen molar-refractivity contribution in [3.8, 4) is 0 Å². The van der Waals surface area contributed by atoms with Crippen LogP contribution in [0.25, 0.3) is 0 Å². The predicted octanol–water partition coefficient (Wildman–Crippen LogP) is 0.363. The third kappa shape index (κ3) is 4.04. The van der Waals surface area contributed by atoms with E-state index in [4.69, 9.17) is 4.74 Å². The van der Waals surface area contributed by atoms with Gasteiger partial charge in [0.25, 0.3) is 0 Å². The SMILES string of the molecule is CC(C)(C)NCCNC1COC1. The second-order valence-corrected chi connectivity index (χ2v) is 4.37. The van der Waals surface area contributed by atoms with E-state index in [0.717, 1.165) is 26.3 Å². The van der Waals surface area contributed by atoms with E-state index in [1.165, 1.54) is 0 Å². The van der Waals surface area contributed by atoms with E-state index >= 15 is 0 Å². The van der Waals surface area contributed by atoms with Crippen molar-refractivity contribution < 1.29 is 4.74 Å². The molecule has 0 unspecified atom stereocenters. The van der Waals surface area contributed by atoms with E-state index < -0.39 is 0 Å². The molecular formula is C9H20N2O. The lowest BCUT2D eigenvalue weighted by molar-refractivity contribution is -0.00478. The topological polar surface area (TPSA) is 33.3 Å². The molecule has 0 saturated carbocycles. The van der Waals surface area contributed by atoms with Crippen LogP contribution in [0.15, 0.2) is 0 Å². The molecule has 0 spiro atoms. The molecule has 1 aliphatic rings. The Bertz CT molecular complexity index is 127. The summed E-state index contributed by atoms with van der Waals surface area (Å²) < 4.78 is 5.05. The molecule has 1 fully saturated rings. The minimum absolute atomic E-state index is 0.234. The third-order valence-corrected chi connectivity index (χ3v) is 1.85. The van der Waals surface area contributed by atoms with Crippen molar-refractivity contribution in [1.82, 2.24) is 10.6 Å². The summed E-state index contributed by atoms with van der Waals surface area (Å²) in [6.45, 7) is 10.4. The molecule has 0 aromatic heterocycles. The van der Waals surface area contributed by atoms with Crippen LogP contribution in [0.1, 0.15) is 20.8 Å². The molecule has 0 aliphatic carbocycles. The Morgan fingerprint density at radius 3 is 2.33 bits per heavy atom. The molecule has 1 saturated heterocycles. The largest absolute Gasteiger partial charge is 0.378 e. The van der Waals surface area contributed by atoms with Gasteiger partial charge < -0.3 is 15.4 Å². The summed E-state index contributed by atoms with van der Waals surface area (Å²) >= 11 is 0. The Morgan fingerprint density at radius 2 is 1.92 bits per heavy atom. The summed E-state index contributed by atoms with van der Waals surface area (Å²) in [5, 5.41) is 6.83. The van der Waals surface area contributed by atoms with Crippen LogP contribution in [0, 0.1) is 0 Å². The second-order valence-electron chi connectivity index (χ2n) is 4.37. The van der Waals surface area contributed by atoms with Crippen molar-refractivity contribution in [3.05, 3.63) is 0 Å². The molecule has 1 aliphatic heterocycles. The Hall–Kier alpha value is -0.120. The summed E-state index contributed by atoms with van der Waals surface area (Å²) in [6, 6.07) is 0.603. The highest BCUT2D eigenvalue weighted by atomic mass is 16.5. The second kappa shape index (κ2) is 4.21. The molecule has 1 rings (SSSR count). The van der Waals surface area contributed by atoms with Crippen molar-refractivity contribution in [2.45, 2.75) is 32.4 Å². The van der Waals surface area contributed by atoms with Crippen LogP contribution in [-0.4, -0.2) is 37.9 Å². The first-order valence-corrected chi connectivity index (χ1v) is 4.64. The molecule has 72 valence electrons. The van der Waals surface area contributed by atoms with Crippen LogP contribution in [-0.2, 0) is 4.74 Å². The van der Waals surface area contributed by atoms with Gasteiger partial charge >= 0.3 is 0 Å². The van der Waals surface area contributed by atoms with E-state index in [0.29, 0.717) is 6.04 Å². The summed E-state index contributed by atoms with van der Waals surface area (Å²) in [7, 11) is 0. The van der Waals surface area contributed by atoms with Gasteiger partial charge in [-0.3, -0.25) is 0 Å². The zero-order valence-electron chi connectivity index (χ0n) is 8.31. The van der Waals surface area contributed by atoms with Gasteiger partial charge in [-0.15, -0.1) is 0 Å². The Morgan fingerprint density at radius 1 is 1.25 bits per heavy atom. The van der Waals surface area contributed by atoms with Crippen molar-refractivity contribution in [2.24, 2.45) is 0 Å². The van der Waals surface area contributed by atoms with Crippen molar-refractivity contribution >= 4 is 0 Å². The highest BCUT2D eigenvalue weighted by Gasteiger charge is 2.16. The van der Waals surface area contributed by atoms with Crippen molar-refractivity contribution in [1.29, 1.82) is 0 Å². The van der Waals surface area contributed by atoms with Crippen LogP contribution in [0.3, 0.4) is 0 Å². The van der Waals surface area contributed by atoms with Crippen molar-refractivity contribution in [2.75, 3.05) is 26.3 Å². The first-order valence-electron chi connectivity index (χ1n) is 4.64. The van der Waals surface area contributed by atoms with Crippen LogP contribution in [0.4, 0.5) is 0 Å². The van der Waals surface area contributed by atoms with Crippen LogP contribution >= 0.6 is 0 Å². The molecule has 0 radical (unpaired) electrons. The molecule has 12 heavy (non-hydrogen) atoms. The minimum Gasteiger partial charge on any atom is -0.378 e. The van der Waals surface area contributed by atoms with Gasteiger partial charge in [0.2, 0.25) is 0 Å². The zero-order valence-corrected chi connectivity index (χ0v) is 8.31. The van der Waals surface area contributed by atoms with E-state index in [9.17, 15) is 0 Å². The smallest absolute Gasteiger partial charge is 0.0643 e. The van der Waals surface area contributed by atoms with E-state index in [-0.39, 0.29) is 5.54 Å². The van der Waals surface area contributed by atoms with Crippen LogP contribution < -0.4 is 10.6 Å². The molecule has 0 atom stereocenters. The van der Waals surface area contributed by atoms with E-state index in [2.05, 4.69) is 31.4 Å². The maximum absolute atomic E-state index is 5.05. The molecule has 2 N–H and O–H groups in total. The highest BCUT2D eigenvalue weighted by Crippen LogP contribution is 1.99. The van der Waals surface area contributed by atoms with Gasteiger partial charge in [0.1, 0.15) is 0 Å². The molecule has 0 bridgehead atoms. The first kappa shape index (κ1) is 9.96. The maximum Gasteiger partial charge on any atom is 0.0643 e. The Kier molecular flexibility index (Phi) is 3.50. The molecule has 3 nitrogen and oxygen atoms in total. The van der Waals surface area contributed by atoms with Gasteiger partial charge in [-0.05, 0) is 20.8 Å². The lowest BCUT2D eigenvalue weighted by atomic mass is 10.1. The normalized spacial score (nSPS) is 19.2. The maximum atomic E-state index is 5.05. The van der Waals surface area contributed by atoms with Crippen LogP contribution in [0.5, 0.6) is 0 Å². The third-order valence-electron chi connectivity index (χ3n) is 1.85. The van der Waals surface area contributed by atoms with Gasteiger partial charge in [-0.25, -0.2) is 0 Å². The lowest BCUT2D eigenvalue weighted by Crippen LogP contribution is -2.49. The molecule has 3 heteroatoms. The van der Waals surface area contributed by atoms with Gasteiger partial charge in [0, 0.05) is 18.6 Å². The quantitative estimate of drug-likeness (QED) is 0.601. The first-order chi connectivity index (χ1) is 5.58. The summed E-state index contributed by atoms with van der Waals surface area (Å²) in [5.41, 5.74) is 0.234. The zero-order chi connectivity index (χ0) is 9.03. The van der Waals surface area contributed by atoms with Gasteiger partial charge in [0.05, 0.1) is 19.3 Å². The average molecular weight is 172 g/mol. The molecular weight excluding hydrogens is 152 g/mol. The summed E-state index contributed by atoms with van der Waals surface area (Å²) in [6.07, 6.45) is 0. The molecule has 0 aromatic rings. The van der Waals surface area contributed by atoms with E-state index in [1.807, 2.05) is 0 Å². The fourth-order valence-electron chi connectivity index (χ4n) is 1.07. The Labute approximate surface area is 74.9 Å². The fourth-order valence-corrected chi connectivity index (χ4v) is 1.07. The van der Waals surface area contributed by atoms with Gasteiger partial charge in [-0.1, -0.05) is 0 Å². The van der Waals surface area contributed by atoms with Crippen LogP contribution in [0.2, 0.25) is 0 Å². The number of nitrogens with one attached hydrogen (secondary N) is 2. The number of ether oxygens (including phenoxy) is 1. The standard InChI is InChI=1S/C9H20N2O/c1-9(2,3)11-5-4-10-8-6-12-7-8/h8,10-11H,4-7H2,1-3H3. The van der Waals surface area contributed by atoms with E-state index in [1.54, 1.807) is 0 Å². The molecule has 1 heterocycles. The van der Waals surface area contributed by atoms with Crippen molar-refractivity contribution in [3.63, 3.8) is 0 Å². The summed E-state index contributed by atoms with van der Waals surface area (Å²) in [5.74, 6) is 0. The number of hydrogen-bond donors (Lipinski definition) is 2. The highest BCUT2D eigenvalue weighted by molar-refractivity contribution is 4.75. The molecule has 0 amide bonds. The monoisotopic (exact) mass is 172 g/mol. The molecule has 0 aromatic carbocycles. The van der Waals surface area contributed by atoms with Gasteiger partial charge in [0.15, 0.2) is 0 Å². The minimum atomic E-state index is 0.234. The van der Waals surface area contributed by atoms with Gasteiger partial charge in [-0.2, -0.15) is 0 Å².